The third kappa shape index (κ3) is 4.26. The van der Waals surface area contributed by atoms with Crippen LogP contribution in [0.15, 0.2) is 36.4 Å². The Morgan fingerprint density at radius 3 is 2.20 bits per heavy atom. The molecule has 3 aromatic rings. The number of rotatable bonds is 7. The molecule has 1 N–H and O–H groups in total. The summed E-state index contributed by atoms with van der Waals surface area (Å²) < 4.78 is 9.77. The van der Waals surface area contributed by atoms with E-state index in [9.17, 15) is 14.7 Å². The molecule has 2 atom stereocenters. The van der Waals surface area contributed by atoms with Crippen LogP contribution in [0.25, 0.3) is 22.1 Å². The smallest absolute Gasteiger partial charge is 0.340 e. The van der Waals surface area contributed by atoms with Crippen molar-refractivity contribution in [1.82, 2.24) is 9.97 Å². The van der Waals surface area contributed by atoms with Gasteiger partial charge >= 0.3 is 11.9 Å². The number of aliphatic hydroxyl groups is 1. The summed E-state index contributed by atoms with van der Waals surface area (Å²) in [6.07, 6.45) is 0.184. The topological polar surface area (TPSA) is 98.6 Å². The number of para-hydroxylation sites is 2. The van der Waals surface area contributed by atoms with Crippen molar-refractivity contribution < 1.29 is 24.2 Å². The van der Waals surface area contributed by atoms with Crippen LogP contribution < -0.4 is 0 Å². The van der Waals surface area contributed by atoms with Crippen molar-refractivity contribution in [2.24, 2.45) is 11.8 Å². The molecule has 1 aromatic heterocycles. The minimum absolute atomic E-state index is 0.319. The Labute approximate surface area is 175 Å². The van der Waals surface area contributed by atoms with Crippen molar-refractivity contribution in [1.29, 1.82) is 0 Å². The lowest BCUT2D eigenvalue weighted by atomic mass is 9.88. The average Bonchev–Trinajstić information content (AvgIpc) is 2.75. The van der Waals surface area contributed by atoms with E-state index in [2.05, 4.69) is 23.8 Å². The van der Waals surface area contributed by atoms with Crippen LogP contribution in [0.3, 0.4) is 0 Å². The molecule has 0 aliphatic rings. The summed E-state index contributed by atoms with van der Waals surface area (Å²) in [5, 5.41) is 11.1. The number of hydrogen-bond donors (Lipinski definition) is 1. The summed E-state index contributed by atoms with van der Waals surface area (Å²) in [5.74, 6) is -1.27. The fourth-order valence-electron chi connectivity index (χ4n) is 3.54. The van der Waals surface area contributed by atoms with Crippen LogP contribution in [0.4, 0.5) is 0 Å². The molecular weight excluding hydrogens is 384 g/mol. The van der Waals surface area contributed by atoms with Crippen molar-refractivity contribution in [3.05, 3.63) is 47.5 Å². The van der Waals surface area contributed by atoms with Gasteiger partial charge in [-0.25, -0.2) is 14.8 Å². The highest BCUT2D eigenvalue weighted by atomic mass is 16.5. The predicted molar refractivity (Wildman–Crippen MR) is 113 cm³/mol. The first-order valence-electron chi connectivity index (χ1n) is 9.91. The monoisotopic (exact) mass is 410 g/mol. The quantitative estimate of drug-likeness (QED) is 0.467. The molecule has 7 nitrogen and oxygen atoms in total. The molecular formula is C23H26N2O5. The maximum absolute atomic E-state index is 12.4. The largest absolute Gasteiger partial charge is 0.469 e. The molecule has 0 saturated carbocycles. The van der Waals surface area contributed by atoms with Gasteiger partial charge in [-0.05, 0) is 30.5 Å². The second-order valence-corrected chi connectivity index (χ2v) is 7.65. The molecule has 1 heterocycles. The van der Waals surface area contributed by atoms with Crippen LogP contribution in [0.1, 0.15) is 48.7 Å². The average molecular weight is 410 g/mol. The van der Waals surface area contributed by atoms with E-state index in [1.54, 1.807) is 36.4 Å². The first-order valence-corrected chi connectivity index (χ1v) is 9.91. The summed E-state index contributed by atoms with van der Waals surface area (Å²) in [7, 11) is 2.64. The van der Waals surface area contributed by atoms with Crippen LogP contribution in [-0.2, 0) is 14.3 Å². The number of aromatic nitrogens is 2. The zero-order valence-electron chi connectivity index (χ0n) is 17.6. The fourth-order valence-corrected chi connectivity index (χ4v) is 3.54. The van der Waals surface area contributed by atoms with Crippen molar-refractivity contribution >= 4 is 34.0 Å². The zero-order chi connectivity index (χ0) is 21.8. The van der Waals surface area contributed by atoms with Crippen LogP contribution in [0.5, 0.6) is 0 Å². The van der Waals surface area contributed by atoms with Crippen LogP contribution in [0, 0.1) is 11.8 Å². The first kappa shape index (κ1) is 21.6. The van der Waals surface area contributed by atoms with Gasteiger partial charge in [-0.2, -0.15) is 0 Å². The van der Waals surface area contributed by atoms with Gasteiger partial charge < -0.3 is 14.6 Å². The van der Waals surface area contributed by atoms with E-state index in [1.807, 2.05) is 0 Å². The maximum Gasteiger partial charge on any atom is 0.340 e. The fraction of sp³-hybridized carbons (Fsp3) is 0.391. The highest BCUT2D eigenvalue weighted by Crippen LogP contribution is 2.32. The van der Waals surface area contributed by atoms with Crippen molar-refractivity contribution in [3.8, 4) is 0 Å². The number of aliphatic hydroxyl groups excluding tert-OH is 1. The highest BCUT2D eigenvalue weighted by molar-refractivity contribution is 6.03. The van der Waals surface area contributed by atoms with Crippen LogP contribution in [0.2, 0.25) is 0 Å². The Balaban J connectivity index is 2.12. The second kappa shape index (κ2) is 9.17. The number of ether oxygens (including phenoxy) is 2. The molecule has 0 spiro atoms. The Kier molecular flexibility index (Phi) is 6.62. The van der Waals surface area contributed by atoms with Crippen molar-refractivity contribution in [2.45, 2.75) is 32.8 Å². The predicted octanol–water partition coefficient (Wildman–Crippen LogP) is 3.83. The molecule has 2 unspecified atom stereocenters. The lowest BCUT2D eigenvalue weighted by Crippen LogP contribution is -2.24. The number of carbonyl (C=O) groups excluding carboxylic acids is 2. The van der Waals surface area contributed by atoms with E-state index in [-0.39, 0.29) is 0 Å². The molecule has 0 bridgehead atoms. The van der Waals surface area contributed by atoms with Gasteiger partial charge in [0.15, 0.2) is 0 Å². The molecule has 3 rings (SSSR count). The Bertz CT molecular complexity index is 1080. The standard InChI is InChI=1S/C23H26N2O5/c1-13(2)11-12-16(23(28)30-4)21(26)14-7-5-9-17-19(14)24-18-10-6-8-15(20(18)25-17)22(27)29-3/h5-10,13,16,21,26H,11-12H2,1-4H3. The summed E-state index contributed by atoms with van der Waals surface area (Å²) >= 11 is 0. The summed E-state index contributed by atoms with van der Waals surface area (Å²) in [6, 6.07) is 10.3. The SMILES string of the molecule is COC(=O)c1cccc2nc3c(C(O)C(CCC(C)C)C(=O)OC)cccc3nc12. The summed E-state index contributed by atoms with van der Waals surface area (Å²) in [6.45, 7) is 4.13. The number of benzene rings is 2. The lowest BCUT2D eigenvalue weighted by molar-refractivity contribution is -0.150. The van der Waals surface area contributed by atoms with Crippen LogP contribution in [-0.4, -0.2) is 41.2 Å². The molecule has 158 valence electrons. The van der Waals surface area contributed by atoms with E-state index < -0.39 is 24.0 Å². The van der Waals surface area contributed by atoms with E-state index in [1.165, 1.54) is 14.2 Å². The van der Waals surface area contributed by atoms with Gasteiger partial charge in [0.2, 0.25) is 0 Å². The number of methoxy groups -OCH3 is 2. The van der Waals surface area contributed by atoms with Gasteiger partial charge in [-0.3, -0.25) is 4.79 Å². The number of carbonyl (C=O) groups is 2. The number of fused-ring (bicyclic) bond motifs is 2. The van der Waals surface area contributed by atoms with Crippen molar-refractivity contribution in [3.63, 3.8) is 0 Å². The minimum Gasteiger partial charge on any atom is -0.469 e. The van der Waals surface area contributed by atoms with Gasteiger partial charge in [-0.15, -0.1) is 0 Å². The van der Waals surface area contributed by atoms with E-state index in [4.69, 9.17) is 9.47 Å². The Hall–Kier alpha value is -3.06. The van der Waals surface area contributed by atoms with Crippen molar-refractivity contribution in [2.75, 3.05) is 14.2 Å². The van der Waals surface area contributed by atoms with Gasteiger partial charge in [0.25, 0.3) is 0 Å². The molecule has 2 aromatic carbocycles. The molecule has 30 heavy (non-hydrogen) atoms. The molecule has 0 amide bonds. The Morgan fingerprint density at radius 2 is 1.57 bits per heavy atom. The second-order valence-electron chi connectivity index (χ2n) is 7.65. The third-order valence-corrected chi connectivity index (χ3v) is 5.19. The third-order valence-electron chi connectivity index (χ3n) is 5.19. The first-order chi connectivity index (χ1) is 14.4. The van der Waals surface area contributed by atoms with Gasteiger partial charge in [0, 0.05) is 5.56 Å². The number of hydrogen-bond acceptors (Lipinski definition) is 7. The zero-order valence-corrected chi connectivity index (χ0v) is 17.6. The molecule has 0 aliphatic heterocycles. The molecule has 0 radical (unpaired) electrons. The van der Waals surface area contributed by atoms with Gasteiger partial charge in [0.05, 0.1) is 48.4 Å². The highest BCUT2D eigenvalue weighted by Gasteiger charge is 2.30. The Morgan fingerprint density at radius 1 is 0.933 bits per heavy atom. The molecule has 0 fully saturated rings. The number of nitrogens with zero attached hydrogens (tertiary/aromatic N) is 2. The maximum atomic E-state index is 12.4. The minimum atomic E-state index is -1.09. The molecule has 0 saturated heterocycles. The molecule has 0 aliphatic carbocycles. The van der Waals surface area contributed by atoms with Gasteiger partial charge in [-0.1, -0.05) is 38.5 Å². The van der Waals surface area contributed by atoms with E-state index in [0.717, 1.165) is 6.42 Å². The lowest BCUT2D eigenvalue weighted by Gasteiger charge is -2.22. The normalized spacial score (nSPS) is 13.4. The van der Waals surface area contributed by atoms with E-state index >= 15 is 0 Å². The van der Waals surface area contributed by atoms with Gasteiger partial charge in [0.1, 0.15) is 5.52 Å². The summed E-state index contributed by atoms with van der Waals surface area (Å²) in [4.78, 5) is 33.7. The summed E-state index contributed by atoms with van der Waals surface area (Å²) in [5.41, 5.74) is 2.75. The number of esters is 2. The van der Waals surface area contributed by atoms with E-state index in [0.29, 0.717) is 45.5 Å². The van der Waals surface area contributed by atoms with Crippen LogP contribution >= 0.6 is 0 Å². The molecule has 7 heteroatoms.